The van der Waals surface area contributed by atoms with E-state index in [4.69, 9.17) is 9.72 Å². The average Bonchev–Trinajstić information content (AvgIpc) is 2.47. The third kappa shape index (κ3) is 3.70. The topological polar surface area (TPSA) is 37.4 Å². The Kier molecular flexibility index (Phi) is 5.38. The first-order valence-corrected chi connectivity index (χ1v) is 7.58. The molecule has 0 bridgehead atoms. The maximum absolute atomic E-state index is 5.45. The highest BCUT2D eigenvalue weighted by Gasteiger charge is 2.20. The molecule has 0 aliphatic carbocycles. The summed E-state index contributed by atoms with van der Waals surface area (Å²) in [5.41, 5.74) is 2.48. The van der Waals surface area contributed by atoms with Gasteiger partial charge in [0, 0.05) is 38.5 Å². The van der Waals surface area contributed by atoms with Crippen molar-refractivity contribution in [1.29, 1.82) is 0 Å². The number of anilines is 1. The molecule has 1 aromatic heterocycles. The molecule has 0 unspecified atom stereocenters. The number of aromatic nitrogens is 1. The predicted molar refractivity (Wildman–Crippen MR) is 83.3 cm³/mol. The lowest BCUT2D eigenvalue weighted by molar-refractivity contribution is 0.0853. The van der Waals surface area contributed by atoms with Gasteiger partial charge >= 0.3 is 0 Å². The standard InChI is InChI=1S/C16H27N3O/c1-12(2)15-9-13(11-17-3)10-16(18-15)19(4)14-5-7-20-8-6-14/h9-10,12,14,17H,5-8,11H2,1-4H3. The summed E-state index contributed by atoms with van der Waals surface area (Å²) in [7, 11) is 4.14. The molecule has 1 N–H and O–H groups in total. The van der Waals surface area contributed by atoms with E-state index in [1.54, 1.807) is 0 Å². The highest BCUT2D eigenvalue weighted by atomic mass is 16.5. The first-order chi connectivity index (χ1) is 9.61. The van der Waals surface area contributed by atoms with Crippen molar-refractivity contribution in [2.75, 3.05) is 32.2 Å². The lowest BCUT2D eigenvalue weighted by Gasteiger charge is -2.32. The molecule has 0 aromatic carbocycles. The van der Waals surface area contributed by atoms with Crippen molar-refractivity contribution in [2.24, 2.45) is 0 Å². The Morgan fingerprint density at radius 3 is 2.65 bits per heavy atom. The van der Waals surface area contributed by atoms with Crippen LogP contribution in [0.4, 0.5) is 5.82 Å². The maximum Gasteiger partial charge on any atom is 0.129 e. The Labute approximate surface area is 122 Å². The third-order valence-electron chi connectivity index (χ3n) is 3.96. The fourth-order valence-electron chi connectivity index (χ4n) is 2.64. The average molecular weight is 277 g/mol. The zero-order chi connectivity index (χ0) is 14.5. The second kappa shape index (κ2) is 7.04. The van der Waals surface area contributed by atoms with Gasteiger partial charge in [0.1, 0.15) is 5.82 Å². The Bertz CT molecular complexity index is 428. The first kappa shape index (κ1) is 15.3. The summed E-state index contributed by atoms with van der Waals surface area (Å²) in [4.78, 5) is 7.17. The zero-order valence-corrected chi connectivity index (χ0v) is 13.1. The number of ether oxygens (including phenoxy) is 1. The van der Waals surface area contributed by atoms with Gasteiger partial charge in [-0.15, -0.1) is 0 Å². The van der Waals surface area contributed by atoms with Crippen molar-refractivity contribution >= 4 is 5.82 Å². The molecule has 0 saturated carbocycles. The van der Waals surface area contributed by atoms with Crippen LogP contribution >= 0.6 is 0 Å². The predicted octanol–water partition coefficient (Wildman–Crippen LogP) is 2.54. The molecule has 1 aliphatic rings. The molecule has 0 radical (unpaired) electrons. The summed E-state index contributed by atoms with van der Waals surface area (Å²) >= 11 is 0. The normalized spacial score (nSPS) is 16.6. The third-order valence-corrected chi connectivity index (χ3v) is 3.96. The van der Waals surface area contributed by atoms with Crippen molar-refractivity contribution in [3.05, 3.63) is 23.4 Å². The highest BCUT2D eigenvalue weighted by molar-refractivity contribution is 5.43. The lowest BCUT2D eigenvalue weighted by atomic mass is 10.1. The van der Waals surface area contributed by atoms with Gasteiger partial charge in [-0.2, -0.15) is 0 Å². The summed E-state index contributed by atoms with van der Waals surface area (Å²) in [6.45, 7) is 7.01. The summed E-state index contributed by atoms with van der Waals surface area (Å²) < 4.78 is 5.45. The molecule has 20 heavy (non-hydrogen) atoms. The zero-order valence-electron chi connectivity index (χ0n) is 13.1. The van der Waals surface area contributed by atoms with Crippen LogP contribution in [0.25, 0.3) is 0 Å². The van der Waals surface area contributed by atoms with E-state index < -0.39 is 0 Å². The molecule has 1 saturated heterocycles. The minimum atomic E-state index is 0.452. The van der Waals surface area contributed by atoms with Gasteiger partial charge in [0.15, 0.2) is 0 Å². The monoisotopic (exact) mass is 277 g/mol. The summed E-state index contributed by atoms with van der Waals surface area (Å²) in [6, 6.07) is 4.96. The molecule has 1 aliphatic heterocycles. The largest absolute Gasteiger partial charge is 0.381 e. The van der Waals surface area contributed by atoms with Gasteiger partial charge in [-0.3, -0.25) is 0 Å². The Morgan fingerprint density at radius 1 is 1.35 bits per heavy atom. The van der Waals surface area contributed by atoms with Crippen molar-refractivity contribution in [3.63, 3.8) is 0 Å². The minimum Gasteiger partial charge on any atom is -0.381 e. The van der Waals surface area contributed by atoms with Gasteiger partial charge < -0.3 is 15.0 Å². The molecular formula is C16H27N3O. The molecule has 0 atom stereocenters. The van der Waals surface area contributed by atoms with E-state index in [2.05, 4.69) is 43.2 Å². The summed E-state index contributed by atoms with van der Waals surface area (Å²) in [5, 5.41) is 3.23. The van der Waals surface area contributed by atoms with Crippen LogP contribution in [0.1, 0.15) is 43.9 Å². The van der Waals surface area contributed by atoms with Crippen molar-refractivity contribution in [3.8, 4) is 0 Å². The molecule has 4 heteroatoms. The molecule has 1 fully saturated rings. The number of nitrogens with one attached hydrogen (secondary N) is 1. The maximum atomic E-state index is 5.45. The van der Waals surface area contributed by atoms with E-state index in [-0.39, 0.29) is 0 Å². The van der Waals surface area contributed by atoms with Crippen LogP contribution in [0.2, 0.25) is 0 Å². The number of hydrogen-bond acceptors (Lipinski definition) is 4. The van der Waals surface area contributed by atoms with E-state index in [0.29, 0.717) is 12.0 Å². The molecule has 2 rings (SSSR count). The Morgan fingerprint density at radius 2 is 2.05 bits per heavy atom. The van der Waals surface area contributed by atoms with Crippen LogP contribution in [0.3, 0.4) is 0 Å². The van der Waals surface area contributed by atoms with Crippen molar-refractivity contribution < 1.29 is 4.74 Å². The van der Waals surface area contributed by atoms with Crippen LogP contribution in [-0.2, 0) is 11.3 Å². The van der Waals surface area contributed by atoms with E-state index in [0.717, 1.165) is 38.4 Å². The Balaban J connectivity index is 2.23. The van der Waals surface area contributed by atoms with E-state index >= 15 is 0 Å². The fraction of sp³-hybridized carbons (Fsp3) is 0.688. The van der Waals surface area contributed by atoms with Gasteiger partial charge in [0.05, 0.1) is 0 Å². The van der Waals surface area contributed by atoms with Crippen LogP contribution in [0.15, 0.2) is 12.1 Å². The number of rotatable bonds is 5. The molecule has 0 amide bonds. The quantitative estimate of drug-likeness (QED) is 0.897. The van der Waals surface area contributed by atoms with E-state index in [9.17, 15) is 0 Å². The van der Waals surface area contributed by atoms with E-state index in [1.165, 1.54) is 11.3 Å². The van der Waals surface area contributed by atoms with Gasteiger partial charge in [0.25, 0.3) is 0 Å². The van der Waals surface area contributed by atoms with Gasteiger partial charge in [-0.05, 0) is 43.5 Å². The van der Waals surface area contributed by atoms with Crippen molar-refractivity contribution in [2.45, 2.75) is 45.2 Å². The summed E-state index contributed by atoms with van der Waals surface area (Å²) in [6.07, 6.45) is 2.18. The molecular weight excluding hydrogens is 250 g/mol. The molecule has 2 heterocycles. The van der Waals surface area contributed by atoms with Crippen molar-refractivity contribution in [1.82, 2.24) is 10.3 Å². The van der Waals surface area contributed by atoms with E-state index in [1.807, 2.05) is 7.05 Å². The van der Waals surface area contributed by atoms with Crippen LogP contribution in [-0.4, -0.2) is 38.3 Å². The van der Waals surface area contributed by atoms with Crippen LogP contribution in [0.5, 0.6) is 0 Å². The smallest absolute Gasteiger partial charge is 0.129 e. The number of nitrogens with zero attached hydrogens (tertiary/aromatic N) is 2. The second-order valence-electron chi connectivity index (χ2n) is 5.90. The molecule has 1 aromatic rings. The van der Waals surface area contributed by atoms with Crippen LogP contribution in [0, 0.1) is 0 Å². The fourth-order valence-corrected chi connectivity index (χ4v) is 2.64. The first-order valence-electron chi connectivity index (χ1n) is 7.58. The van der Waals surface area contributed by atoms with Gasteiger partial charge in [-0.1, -0.05) is 13.8 Å². The van der Waals surface area contributed by atoms with Gasteiger partial charge in [0.2, 0.25) is 0 Å². The minimum absolute atomic E-state index is 0.452. The summed E-state index contributed by atoms with van der Waals surface area (Å²) in [5.74, 6) is 1.54. The number of hydrogen-bond donors (Lipinski definition) is 1. The molecule has 112 valence electrons. The van der Waals surface area contributed by atoms with Crippen LogP contribution < -0.4 is 10.2 Å². The lowest BCUT2D eigenvalue weighted by Crippen LogP contribution is -2.37. The molecule has 4 nitrogen and oxygen atoms in total. The highest BCUT2D eigenvalue weighted by Crippen LogP contribution is 2.23. The second-order valence-corrected chi connectivity index (χ2v) is 5.90. The number of pyridine rings is 1. The Hall–Kier alpha value is -1.13. The molecule has 0 spiro atoms. The SMILES string of the molecule is CNCc1cc(C(C)C)nc(N(C)C2CCOCC2)c1. The van der Waals surface area contributed by atoms with Gasteiger partial charge in [-0.25, -0.2) is 4.98 Å².